The van der Waals surface area contributed by atoms with Crippen molar-refractivity contribution in [3.8, 4) is 11.5 Å². The van der Waals surface area contributed by atoms with Gasteiger partial charge in [0.15, 0.2) is 0 Å². The molecular weight excluding hydrogens is 386 g/mol. The summed E-state index contributed by atoms with van der Waals surface area (Å²) in [4.78, 5) is 28.1. The Labute approximate surface area is 176 Å². The molecule has 30 heavy (non-hydrogen) atoms. The first-order valence-corrected chi connectivity index (χ1v) is 9.75. The molecule has 0 heterocycles. The lowest BCUT2D eigenvalue weighted by molar-refractivity contribution is -0.137. The number of ether oxygens (including phenoxy) is 3. The van der Waals surface area contributed by atoms with Crippen molar-refractivity contribution in [2.24, 2.45) is 0 Å². The molecule has 0 aliphatic heterocycles. The van der Waals surface area contributed by atoms with E-state index in [1.54, 1.807) is 55.6 Å². The van der Waals surface area contributed by atoms with E-state index in [-0.39, 0.29) is 5.97 Å². The Morgan fingerprint density at radius 2 is 1.53 bits per heavy atom. The van der Waals surface area contributed by atoms with E-state index in [1.165, 1.54) is 0 Å². The molecule has 0 amide bonds. The van der Waals surface area contributed by atoms with Crippen LogP contribution >= 0.6 is 0 Å². The van der Waals surface area contributed by atoms with Gasteiger partial charge in [-0.25, -0.2) is 15.1 Å². The smallest absolute Gasteiger partial charge is 0.362 e. The monoisotopic (exact) mass is 413 g/mol. The largest absolute Gasteiger partial charge is 0.497 e. The highest BCUT2D eigenvalue weighted by Crippen LogP contribution is 2.17. The molecule has 0 fully saturated rings. The maximum absolute atomic E-state index is 12.1. The van der Waals surface area contributed by atoms with Crippen molar-refractivity contribution in [3.05, 3.63) is 66.7 Å². The number of unbranched alkanes of at least 4 members (excludes halogenated alkanes) is 3. The van der Waals surface area contributed by atoms with E-state index in [9.17, 15) is 9.59 Å². The van der Waals surface area contributed by atoms with Crippen molar-refractivity contribution >= 4 is 17.6 Å². The van der Waals surface area contributed by atoms with Crippen molar-refractivity contribution in [1.29, 1.82) is 0 Å². The number of nitrogens with one attached hydrogen (secondary N) is 1. The SMILES string of the molecule is C=CC(=O)OCCCCCCOc1ccc(C(=O)ONc2ccc(OC)cc2)cc1. The van der Waals surface area contributed by atoms with Crippen LogP contribution < -0.4 is 15.0 Å². The third-order valence-electron chi connectivity index (χ3n) is 4.16. The number of methoxy groups -OCH3 is 1. The molecule has 2 aromatic carbocycles. The third kappa shape index (κ3) is 8.26. The van der Waals surface area contributed by atoms with Gasteiger partial charge in [-0.2, -0.15) is 0 Å². The van der Waals surface area contributed by atoms with Gasteiger partial charge in [0.1, 0.15) is 11.5 Å². The highest BCUT2D eigenvalue weighted by Gasteiger charge is 2.08. The fourth-order valence-corrected chi connectivity index (χ4v) is 2.49. The van der Waals surface area contributed by atoms with Crippen molar-refractivity contribution in [2.45, 2.75) is 25.7 Å². The molecule has 0 aliphatic rings. The topological polar surface area (TPSA) is 83.1 Å². The van der Waals surface area contributed by atoms with E-state index in [4.69, 9.17) is 19.0 Å². The Morgan fingerprint density at radius 1 is 0.900 bits per heavy atom. The lowest BCUT2D eigenvalue weighted by Crippen LogP contribution is -2.10. The molecule has 0 spiro atoms. The molecule has 0 atom stereocenters. The lowest BCUT2D eigenvalue weighted by atomic mass is 10.2. The van der Waals surface area contributed by atoms with Crippen LogP contribution in [0.15, 0.2) is 61.2 Å². The molecule has 1 N–H and O–H groups in total. The molecule has 0 radical (unpaired) electrons. The minimum Gasteiger partial charge on any atom is -0.497 e. The molecule has 0 aromatic heterocycles. The summed E-state index contributed by atoms with van der Waals surface area (Å²) in [6, 6.07) is 13.8. The second kappa shape index (κ2) is 12.9. The van der Waals surface area contributed by atoms with Crippen molar-refractivity contribution in [1.82, 2.24) is 0 Å². The molecule has 2 aromatic rings. The molecule has 0 aliphatic carbocycles. The van der Waals surface area contributed by atoms with Gasteiger partial charge in [0.05, 0.1) is 31.6 Å². The first-order chi connectivity index (χ1) is 14.6. The first-order valence-electron chi connectivity index (χ1n) is 9.75. The average molecular weight is 413 g/mol. The number of esters is 1. The van der Waals surface area contributed by atoms with Crippen molar-refractivity contribution < 1.29 is 28.6 Å². The predicted molar refractivity (Wildman–Crippen MR) is 114 cm³/mol. The van der Waals surface area contributed by atoms with Gasteiger partial charge in [-0.1, -0.05) is 6.58 Å². The molecule has 0 unspecified atom stereocenters. The molecule has 160 valence electrons. The van der Waals surface area contributed by atoms with Gasteiger partial charge < -0.3 is 19.0 Å². The normalized spacial score (nSPS) is 10.0. The Morgan fingerprint density at radius 3 is 2.17 bits per heavy atom. The summed E-state index contributed by atoms with van der Waals surface area (Å²) in [5, 5.41) is 0. The van der Waals surface area contributed by atoms with Crippen LogP contribution in [0.2, 0.25) is 0 Å². The number of hydrogen-bond donors (Lipinski definition) is 1. The van der Waals surface area contributed by atoms with Crippen LogP contribution in [0.1, 0.15) is 36.0 Å². The number of benzene rings is 2. The minimum absolute atomic E-state index is 0.387. The Hall–Kier alpha value is -3.48. The number of carbonyl (C=O) groups excluding carboxylic acids is 2. The van der Waals surface area contributed by atoms with Crippen LogP contribution in [0.3, 0.4) is 0 Å². The molecule has 7 nitrogen and oxygen atoms in total. The molecule has 0 saturated carbocycles. The Bertz CT molecular complexity index is 801. The fraction of sp³-hybridized carbons (Fsp3) is 0.304. The van der Waals surface area contributed by atoms with Crippen LogP contribution in [0.4, 0.5) is 5.69 Å². The first kappa shape index (κ1) is 22.8. The maximum Gasteiger partial charge on any atom is 0.362 e. The number of rotatable bonds is 13. The van der Waals surface area contributed by atoms with Gasteiger partial charge in [-0.15, -0.1) is 0 Å². The van der Waals surface area contributed by atoms with Gasteiger partial charge in [-0.05, 0) is 74.2 Å². The summed E-state index contributed by atoms with van der Waals surface area (Å²) in [6.45, 7) is 4.34. The van der Waals surface area contributed by atoms with Gasteiger partial charge >= 0.3 is 11.9 Å². The van der Waals surface area contributed by atoms with E-state index in [2.05, 4.69) is 12.1 Å². The van der Waals surface area contributed by atoms with Crippen LogP contribution in [0.25, 0.3) is 0 Å². The second-order valence-electron chi connectivity index (χ2n) is 6.38. The summed E-state index contributed by atoms with van der Waals surface area (Å²) in [5.74, 6) is 0.530. The number of anilines is 1. The van der Waals surface area contributed by atoms with Gasteiger partial charge in [0, 0.05) is 6.08 Å². The fourth-order valence-electron chi connectivity index (χ4n) is 2.49. The van der Waals surface area contributed by atoms with Crippen LogP contribution in [0.5, 0.6) is 11.5 Å². The molecule has 7 heteroatoms. The molecular formula is C23H27NO6. The van der Waals surface area contributed by atoms with Crippen LogP contribution in [-0.4, -0.2) is 32.3 Å². The summed E-state index contributed by atoms with van der Waals surface area (Å²) >= 11 is 0. The van der Waals surface area contributed by atoms with Crippen molar-refractivity contribution in [3.63, 3.8) is 0 Å². The van der Waals surface area contributed by atoms with Gasteiger partial charge in [-0.3, -0.25) is 0 Å². The van der Waals surface area contributed by atoms with Crippen molar-refractivity contribution in [2.75, 3.05) is 25.8 Å². The van der Waals surface area contributed by atoms with E-state index >= 15 is 0 Å². The maximum atomic E-state index is 12.1. The van der Waals surface area contributed by atoms with E-state index < -0.39 is 5.97 Å². The highest BCUT2D eigenvalue weighted by atomic mass is 16.7. The molecule has 0 saturated heterocycles. The molecule has 0 bridgehead atoms. The standard InChI is InChI=1S/C23H27NO6/c1-3-22(25)29-17-7-5-4-6-16-28-21-12-8-18(9-13-21)23(26)30-24-19-10-14-20(27-2)15-11-19/h3,8-15,24H,1,4-7,16-17H2,2H3. The lowest BCUT2D eigenvalue weighted by Gasteiger charge is -2.09. The molecule has 2 rings (SSSR count). The average Bonchev–Trinajstić information content (AvgIpc) is 2.79. The number of carbonyl (C=O) groups is 2. The summed E-state index contributed by atoms with van der Waals surface area (Å²) < 4.78 is 15.7. The minimum atomic E-state index is -0.491. The van der Waals surface area contributed by atoms with Crippen LogP contribution in [0, 0.1) is 0 Å². The zero-order valence-electron chi connectivity index (χ0n) is 17.1. The highest BCUT2D eigenvalue weighted by molar-refractivity contribution is 5.90. The van der Waals surface area contributed by atoms with E-state index in [1.807, 2.05) is 0 Å². The predicted octanol–water partition coefficient (Wildman–Crippen LogP) is 4.55. The number of hydrogen-bond acceptors (Lipinski definition) is 7. The third-order valence-corrected chi connectivity index (χ3v) is 4.16. The second-order valence-corrected chi connectivity index (χ2v) is 6.38. The Balaban J connectivity index is 1.62. The summed E-state index contributed by atoms with van der Waals surface area (Å²) in [6.07, 6.45) is 4.81. The Kier molecular flexibility index (Phi) is 9.79. The van der Waals surface area contributed by atoms with Gasteiger partial charge in [0.25, 0.3) is 0 Å². The summed E-state index contributed by atoms with van der Waals surface area (Å²) in [5.41, 5.74) is 3.67. The van der Waals surface area contributed by atoms with Crippen LogP contribution in [-0.2, 0) is 14.4 Å². The summed E-state index contributed by atoms with van der Waals surface area (Å²) in [7, 11) is 1.59. The van der Waals surface area contributed by atoms with Gasteiger partial charge in [0.2, 0.25) is 0 Å². The zero-order chi connectivity index (χ0) is 21.6. The quantitative estimate of drug-likeness (QED) is 0.223. The van der Waals surface area contributed by atoms with E-state index in [0.717, 1.165) is 37.5 Å². The van der Waals surface area contributed by atoms with E-state index in [0.29, 0.717) is 30.2 Å². The zero-order valence-corrected chi connectivity index (χ0v) is 17.1.